The van der Waals surface area contributed by atoms with Gasteiger partial charge in [-0.15, -0.1) is 0 Å². The maximum absolute atomic E-state index is 11.4. The van der Waals surface area contributed by atoms with Gasteiger partial charge >= 0.3 is 0 Å². The molecule has 0 aromatic heterocycles. The van der Waals surface area contributed by atoms with Crippen molar-refractivity contribution in [3.05, 3.63) is 65.7 Å². The van der Waals surface area contributed by atoms with Crippen LogP contribution in [-0.4, -0.2) is 19.1 Å². The van der Waals surface area contributed by atoms with Crippen molar-refractivity contribution in [1.82, 2.24) is 5.32 Å². The topological polar surface area (TPSA) is 64.4 Å². The molecule has 2 aromatic carbocycles. The maximum atomic E-state index is 11.4. The Morgan fingerprint density at radius 1 is 1.00 bits per heavy atom. The Bertz CT molecular complexity index is 582. The molecule has 0 heterocycles. The highest BCUT2D eigenvalue weighted by molar-refractivity contribution is 5.76. The molecule has 0 aliphatic carbocycles. The molecular formula is C19H24N2O2. The normalized spacial score (nSPS) is 10.3. The summed E-state index contributed by atoms with van der Waals surface area (Å²) in [5.41, 5.74) is 7.72. The molecule has 2 aromatic rings. The van der Waals surface area contributed by atoms with Crippen LogP contribution in [0.15, 0.2) is 54.6 Å². The predicted molar refractivity (Wildman–Crippen MR) is 92.2 cm³/mol. The van der Waals surface area contributed by atoms with Crippen LogP contribution >= 0.6 is 0 Å². The SMILES string of the molecule is NCCC(=O)NCc1ccc(OCCCc2ccccc2)cc1. The Balaban J connectivity index is 1.67. The molecule has 0 spiro atoms. The van der Waals surface area contributed by atoms with Crippen LogP contribution in [0.2, 0.25) is 0 Å². The minimum Gasteiger partial charge on any atom is -0.494 e. The molecule has 0 aliphatic rings. The van der Waals surface area contributed by atoms with Crippen molar-refractivity contribution in [2.75, 3.05) is 13.2 Å². The zero-order valence-electron chi connectivity index (χ0n) is 13.3. The standard InChI is InChI=1S/C19H24N2O2/c20-13-12-19(22)21-15-17-8-10-18(11-9-17)23-14-4-7-16-5-2-1-3-6-16/h1-3,5-6,8-11H,4,7,12-15,20H2,(H,21,22). The Hall–Kier alpha value is -2.33. The zero-order valence-corrected chi connectivity index (χ0v) is 13.3. The van der Waals surface area contributed by atoms with Crippen molar-refractivity contribution >= 4 is 5.91 Å². The highest BCUT2D eigenvalue weighted by Gasteiger charge is 2.00. The van der Waals surface area contributed by atoms with E-state index in [9.17, 15) is 4.79 Å². The molecular weight excluding hydrogens is 288 g/mol. The van der Waals surface area contributed by atoms with Crippen LogP contribution in [-0.2, 0) is 17.8 Å². The van der Waals surface area contributed by atoms with Crippen molar-refractivity contribution in [2.24, 2.45) is 5.73 Å². The summed E-state index contributed by atoms with van der Waals surface area (Å²) in [7, 11) is 0. The molecule has 4 nitrogen and oxygen atoms in total. The summed E-state index contributed by atoms with van der Waals surface area (Å²) in [5, 5.41) is 2.83. The summed E-state index contributed by atoms with van der Waals surface area (Å²) >= 11 is 0. The largest absolute Gasteiger partial charge is 0.494 e. The first-order chi connectivity index (χ1) is 11.3. The van der Waals surface area contributed by atoms with Gasteiger partial charge in [0.05, 0.1) is 6.61 Å². The monoisotopic (exact) mass is 312 g/mol. The van der Waals surface area contributed by atoms with E-state index in [0.717, 1.165) is 24.2 Å². The number of amides is 1. The fourth-order valence-corrected chi connectivity index (χ4v) is 2.23. The molecule has 3 N–H and O–H groups in total. The minimum absolute atomic E-state index is 0.0197. The Morgan fingerprint density at radius 3 is 2.43 bits per heavy atom. The minimum atomic E-state index is -0.0197. The number of hydrogen-bond donors (Lipinski definition) is 2. The summed E-state index contributed by atoms with van der Waals surface area (Å²) in [6.45, 7) is 1.59. The Labute approximate surface area is 137 Å². The van der Waals surface area contributed by atoms with Crippen LogP contribution in [0.4, 0.5) is 0 Å². The quantitative estimate of drug-likeness (QED) is 0.700. The van der Waals surface area contributed by atoms with Crippen molar-refractivity contribution in [2.45, 2.75) is 25.8 Å². The third-order valence-corrected chi connectivity index (χ3v) is 3.51. The van der Waals surface area contributed by atoms with Crippen LogP contribution in [0.25, 0.3) is 0 Å². The fourth-order valence-electron chi connectivity index (χ4n) is 2.23. The van der Waals surface area contributed by atoms with Crippen molar-refractivity contribution in [3.8, 4) is 5.75 Å². The van der Waals surface area contributed by atoms with Gasteiger partial charge in [0.15, 0.2) is 0 Å². The van der Waals surface area contributed by atoms with Crippen LogP contribution < -0.4 is 15.8 Å². The van der Waals surface area contributed by atoms with Gasteiger partial charge in [0, 0.05) is 19.5 Å². The highest BCUT2D eigenvalue weighted by atomic mass is 16.5. The molecule has 0 unspecified atom stereocenters. The van der Waals surface area contributed by atoms with E-state index in [4.69, 9.17) is 10.5 Å². The van der Waals surface area contributed by atoms with Gasteiger partial charge in [-0.1, -0.05) is 42.5 Å². The molecule has 2 rings (SSSR count). The summed E-state index contributed by atoms with van der Waals surface area (Å²) < 4.78 is 5.74. The summed E-state index contributed by atoms with van der Waals surface area (Å²) in [6, 6.07) is 18.2. The number of nitrogens with two attached hydrogens (primary N) is 1. The van der Waals surface area contributed by atoms with Crippen molar-refractivity contribution < 1.29 is 9.53 Å². The lowest BCUT2D eigenvalue weighted by molar-refractivity contribution is -0.121. The maximum Gasteiger partial charge on any atom is 0.221 e. The van der Waals surface area contributed by atoms with Gasteiger partial charge in [0.1, 0.15) is 5.75 Å². The lowest BCUT2D eigenvalue weighted by Crippen LogP contribution is -2.24. The summed E-state index contributed by atoms with van der Waals surface area (Å²) in [5.74, 6) is 0.837. The molecule has 0 bridgehead atoms. The van der Waals surface area contributed by atoms with Crippen molar-refractivity contribution in [1.29, 1.82) is 0 Å². The van der Waals surface area contributed by atoms with Crippen LogP contribution in [0.3, 0.4) is 0 Å². The van der Waals surface area contributed by atoms with E-state index in [0.29, 0.717) is 26.1 Å². The van der Waals surface area contributed by atoms with Crippen LogP contribution in [0.5, 0.6) is 5.75 Å². The lowest BCUT2D eigenvalue weighted by Gasteiger charge is -2.08. The Kier molecular flexibility index (Phi) is 7.14. The van der Waals surface area contributed by atoms with Gasteiger partial charge in [-0.05, 0) is 36.1 Å². The van der Waals surface area contributed by atoms with E-state index in [-0.39, 0.29) is 5.91 Å². The lowest BCUT2D eigenvalue weighted by atomic mass is 10.1. The molecule has 1 amide bonds. The van der Waals surface area contributed by atoms with Crippen LogP contribution in [0, 0.1) is 0 Å². The number of benzene rings is 2. The second-order valence-corrected chi connectivity index (χ2v) is 5.40. The first kappa shape index (κ1) is 17.0. The van der Waals surface area contributed by atoms with Gasteiger partial charge in [-0.2, -0.15) is 0 Å². The summed E-state index contributed by atoms with van der Waals surface area (Å²) in [4.78, 5) is 11.4. The van der Waals surface area contributed by atoms with E-state index in [2.05, 4.69) is 29.6 Å². The molecule has 0 saturated carbocycles. The highest BCUT2D eigenvalue weighted by Crippen LogP contribution is 2.13. The number of carbonyl (C=O) groups is 1. The van der Waals surface area contributed by atoms with Gasteiger partial charge in [-0.25, -0.2) is 0 Å². The zero-order chi connectivity index (χ0) is 16.3. The molecule has 0 aliphatic heterocycles. The molecule has 122 valence electrons. The first-order valence-electron chi connectivity index (χ1n) is 8.00. The number of nitrogens with one attached hydrogen (secondary N) is 1. The van der Waals surface area contributed by atoms with Crippen molar-refractivity contribution in [3.63, 3.8) is 0 Å². The number of rotatable bonds is 9. The third kappa shape index (κ3) is 6.53. The molecule has 0 saturated heterocycles. The van der Waals surface area contributed by atoms with E-state index in [1.54, 1.807) is 0 Å². The average Bonchev–Trinajstić information content (AvgIpc) is 2.59. The van der Waals surface area contributed by atoms with Gasteiger partial charge in [0.2, 0.25) is 5.91 Å². The van der Waals surface area contributed by atoms with E-state index < -0.39 is 0 Å². The second kappa shape index (κ2) is 9.64. The van der Waals surface area contributed by atoms with E-state index in [1.807, 2.05) is 30.3 Å². The van der Waals surface area contributed by atoms with E-state index in [1.165, 1.54) is 5.56 Å². The Morgan fingerprint density at radius 2 is 1.74 bits per heavy atom. The third-order valence-electron chi connectivity index (χ3n) is 3.51. The van der Waals surface area contributed by atoms with E-state index >= 15 is 0 Å². The summed E-state index contributed by atoms with van der Waals surface area (Å²) in [6.07, 6.45) is 2.37. The average molecular weight is 312 g/mol. The molecule has 0 atom stereocenters. The van der Waals surface area contributed by atoms with Gasteiger partial charge in [0.25, 0.3) is 0 Å². The molecule has 0 radical (unpaired) electrons. The smallest absolute Gasteiger partial charge is 0.221 e. The van der Waals surface area contributed by atoms with Gasteiger partial charge in [-0.3, -0.25) is 4.79 Å². The molecule has 0 fully saturated rings. The fraction of sp³-hybridized carbons (Fsp3) is 0.316. The van der Waals surface area contributed by atoms with Crippen LogP contribution in [0.1, 0.15) is 24.0 Å². The molecule has 23 heavy (non-hydrogen) atoms. The molecule has 4 heteroatoms. The number of carbonyl (C=O) groups excluding carboxylic acids is 1. The first-order valence-corrected chi connectivity index (χ1v) is 8.00. The van der Waals surface area contributed by atoms with Gasteiger partial charge < -0.3 is 15.8 Å². The number of hydrogen-bond acceptors (Lipinski definition) is 3. The second-order valence-electron chi connectivity index (χ2n) is 5.40. The number of aryl methyl sites for hydroxylation is 1. The predicted octanol–water partition coefficient (Wildman–Crippen LogP) is 2.66. The number of ether oxygens (including phenoxy) is 1.